The molecule has 0 bridgehead atoms. The fraction of sp³-hybridized carbons (Fsp3) is 0.294. The molecule has 22 heavy (non-hydrogen) atoms. The van der Waals surface area contributed by atoms with Crippen molar-refractivity contribution in [3.8, 4) is 0 Å². The average molecular weight is 297 g/mol. The number of aromatic amines is 1. The van der Waals surface area contributed by atoms with E-state index in [0.717, 1.165) is 29.7 Å². The number of fused-ring (bicyclic) bond motifs is 1. The van der Waals surface area contributed by atoms with Gasteiger partial charge in [0.15, 0.2) is 5.65 Å². The summed E-state index contributed by atoms with van der Waals surface area (Å²) in [5, 5.41) is 2.89. The summed E-state index contributed by atoms with van der Waals surface area (Å²) in [4.78, 5) is 17.4. The highest BCUT2D eigenvalue weighted by atomic mass is 19.1. The van der Waals surface area contributed by atoms with Crippen LogP contribution >= 0.6 is 0 Å². The van der Waals surface area contributed by atoms with Crippen molar-refractivity contribution in [2.75, 3.05) is 0 Å². The second-order valence-electron chi connectivity index (χ2n) is 6.02. The first-order valence-electron chi connectivity index (χ1n) is 7.47. The van der Waals surface area contributed by atoms with Gasteiger partial charge in [-0.3, -0.25) is 9.89 Å². The first-order chi connectivity index (χ1) is 10.6. The topological polar surface area (TPSA) is 50.2 Å². The van der Waals surface area contributed by atoms with Crippen molar-refractivity contribution in [3.05, 3.63) is 69.0 Å². The Kier molecular flexibility index (Phi) is 2.89. The lowest BCUT2D eigenvalue weighted by atomic mass is 10.0. The Morgan fingerprint density at radius 2 is 2.18 bits per heavy atom. The van der Waals surface area contributed by atoms with Crippen molar-refractivity contribution < 1.29 is 4.39 Å². The van der Waals surface area contributed by atoms with Crippen LogP contribution in [-0.2, 0) is 6.42 Å². The first kappa shape index (κ1) is 13.2. The lowest BCUT2D eigenvalue weighted by molar-refractivity contribution is 0.624. The third-order valence-corrected chi connectivity index (χ3v) is 4.12. The molecule has 0 radical (unpaired) electrons. The molecule has 3 aromatic rings. The van der Waals surface area contributed by atoms with Crippen LogP contribution in [0.3, 0.4) is 0 Å². The smallest absolute Gasteiger partial charge is 0.276 e. The van der Waals surface area contributed by atoms with E-state index in [4.69, 9.17) is 0 Å². The van der Waals surface area contributed by atoms with E-state index < -0.39 is 0 Å². The Labute approximate surface area is 126 Å². The van der Waals surface area contributed by atoms with Gasteiger partial charge < -0.3 is 0 Å². The number of nitrogens with zero attached hydrogens (tertiary/aromatic N) is 2. The van der Waals surface area contributed by atoms with Crippen LogP contribution in [0.5, 0.6) is 0 Å². The Balaban J connectivity index is 1.87. The number of halogens is 1. The van der Waals surface area contributed by atoms with E-state index in [1.54, 1.807) is 12.3 Å². The molecule has 0 atom stereocenters. The van der Waals surface area contributed by atoms with E-state index >= 15 is 0 Å². The second-order valence-corrected chi connectivity index (χ2v) is 6.02. The molecule has 1 N–H and O–H groups in total. The fourth-order valence-corrected chi connectivity index (χ4v) is 2.99. The minimum atomic E-state index is -0.267. The third kappa shape index (κ3) is 2.22. The average Bonchev–Trinajstić information content (AvgIpc) is 3.19. The minimum Gasteiger partial charge on any atom is -0.297 e. The molecule has 112 valence electrons. The zero-order valence-electron chi connectivity index (χ0n) is 12.3. The SMILES string of the molecule is Cc1cc(F)cc(Cc2c(C3CC3)nc3cc[nH]n3c2=O)c1. The molecule has 1 aliphatic carbocycles. The standard InChI is InChI=1S/C17H16FN3O/c1-10-6-11(8-13(18)7-10)9-14-16(12-2-3-12)20-15-4-5-19-21(15)17(14)22/h4-8,12,19H,2-3,9H2,1H3. The molecule has 0 spiro atoms. The molecule has 1 fully saturated rings. The number of nitrogens with one attached hydrogen (secondary N) is 1. The molecule has 5 heteroatoms. The summed E-state index contributed by atoms with van der Waals surface area (Å²) in [6, 6.07) is 6.70. The van der Waals surface area contributed by atoms with Gasteiger partial charge in [0, 0.05) is 30.2 Å². The lowest BCUT2D eigenvalue weighted by Gasteiger charge is -2.09. The van der Waals surface area contributed by atoms with Crippen molar-refractivity contribution in [1.82, 2.24) is 14.6 Å². The molecule has 4 rings (SSSR count). The van der Waals surface area contributed by atoms with E-state index in [0.29, 0.717) is 23.5 Å². The quantitative estimate of drug-likeness (QED) is 0.808. The van der Waals surface area contributed by atoms with Gasteiger partial charge in [0.05, 0.1) is 5.69 Å². The van der Waals surface area contributed by atoms with Crippen LogP contribution in [0.15, 0.2) is 35.3 Å². The number of aromatic nitrogens is 3. The highest BCUT2D eigenvalue weighted by Gasteiger charge is 2.30. The van der Waals surface area contributed by atoms with Crippen LogP contribution in [-0.4, -0.2) is 14.6 Å². The van der Waals surface area contributed by atoms with Crippen LogP contribution in [0.1, 0.15) is 41.1 Å². The van der Waals surface area contributed by atoms with Crippen LogP contribution < -0.4 is 5.56 Å². The Morgan fingerprint density at radius 3 is 2.91 bits per heavy atom. The molecule has 0 unspecified atom stereocenters. The monoisotopic (exact) mass is 297 g/mol. The van der Waals surface area contributed by atoms with Crippen molar-refractivity contribution in [2.24, 2.45) is 0 Å². The molecule has 1 saturated carbocycles. The van der Waals surface area contributed by atoms with E-state index in [2.05, 4.69) is 10.1 Å². The predicted molar refractivity (Wildman–Crippen MR) is 81.7 cm³/mol. The number of aryl methyl sites for hydroxylation is 1. The van der Waals surface area contributed by atoms with Crippen LogP contribution in [0, 0.1) is 12.7 Å². The maximum Gasteiger partial charge on any atom is 0.276 e. The molecule has 0 amide bonds. The Morgan fingerprint density at radius 1 is 1.36 bits per heavy atom. The summed E-state index contributed by atoms with van der Waals surface area (Å²) >= 11 is 0. The number of hydrogen-bond acceptors (Lipinski definition) is 2. The molecular formula is C17H16FN3O. The number of rotatable bonds is 3. The molecule has 0 aliphatic heterocycles. The highest BCUT2D eigenvalue weighted by molar-refractivity contribution is 5.42. The van der Waals surface area contributed by atoms with Gasteiger partial charge in [-0.15, -0.1) is 0 Å². The van der Waals surface area contributed by atoms with Crippen LogP contribution in [0.4, 0.5) is 4.39 Å². The molecular weight excluding hydrogens is 281 g/mol. The number of benzene rings is 1. The van der Waals surface area contributed by atoms with Gasteiger partial charge in [0.2, 0.25) is 0 Å². The van der Waals surface area contributed by atoms with E-state index in [-0.39, 0.29) is 11.4 Å². The van der Waals surface area contributed by atoms with E-state index in [9.17, 15) is 9.18 Å². The summed E-state index contributed by atoms with van der Waals surface area (Å²) in [6.45, 7) is 1.85. The maximum absolute atomic E-state index is 13.6. The van der Waals surface area contributed by atoms with Crippen molar-refractivity contribution in [2.45, 2.75) is 32.1 Å². The fourth-order valence-electron chi connectivity index (χ4n) is 2.99. The van der Waals surface area contributed by atoms with Gasteiger partial charge in [0.1, 0.15) is 5.82 Å². The van der Waals surface area contributed by atoms with Crippen LogP contribution in [0.25, 0.3) is 5.65 Å². The molecule has 2 heterocycles. The van der Waals surface area contributed by atoms with Gasteiger partial charge in [-0.25, -0.2) is 13.9 Å². The first-order valence-corrected chi connectivity index (χ1v) is 7.47. The van der Waals surface area contributed by atoms with E-state index in [1.165, 1.54) is 16.6 Å². The molecule has 4 nitrogen and oxygen atoms in total. The minimum absolute atomic E-state index is 0.0844. The Hall–Kier alpha value is -2.43. The summed E-state index contributed by atoms with van der Waals surface area (Å²) in [7, 11) is 0. The molecule has 1 aliphatic rings. The zero-order chi connectivity index (χ0) is 15.3. The van der Waals surface area contributed by atoms with E-state index in [1.807, 2.05) is 13.0 Å². The van der Waals surface area contributed by atoms with Gasteiger partial charge >= 0.3 is 0 Å². The van der Waals surface area contributed by atoms with Crippen molar-refractivity contribution >= 4 is 5.65 Å². The largest absolute Gasteiger partial charge is 0.297 e. The third-order valence-electron chi connectivity index (χ3n) is 4.12. The summed E-state index contributed by atoms with van der Waals surface area (Å²) in [6.07, 6.45) is 4.26. The predicted octanol–water partition coefficient (Wildman–Crippen LogP) is 2.94. The molecule has 1 aromatic carbocycles. The lowest BCUT2D eigenvalue weighted by Crippen LogP contribution is -2.23. The molecule has 2 aromatic heterocycles. The summed E-state index contributed by atoms with van der Waals surface area (Å²) in [5.74, 6) is 0.106. The van der Waals surface area contributed by atoms with Gasteiger partial charge in [-0.05, 0) is 43.0 Å². The van der Waals surface area contributed by atoms with Gasteiger partial charge in [-0.2, -0.15) is 0 Å². The normalized spacial score (nSPS) is 14.6. The summed E-state index contributed by atoms with van der Waals surface area (Å²) in [5.41, 5.74) is 3.78. The molecule has 0 saturated heterocycles. The number of H-pyrrole nitrogens is 1. The Bertz CT molecular complexity index is 901. The second kappa shape index (κ2) is 4.80. The zero-order valence-corrected chi connectivity index (χ0v) is 12.3. The van der Waals surface area contributed by atoms with Gasteiger partial charge in [-0.1, -0.05) is 6.07 Å². The highest BCUT2D eigenvalue weighted by Crippen LogP contribution is 2.40. The van der Waals surface area contributed by atoms with Crippen molar-refractivity contribution in [1.29, 1.82) is 0 Å². The summed E-state index contributed by atoms with van der Waals surface area (Å²) < 4.78 is 15.1. The van der Waals surface area contributed by atoms with Crippen molar-refractivity contribution in [3.63, 3.8) is 0 Å². The van der Waals surface area contributed by atoms with Gasteiger partial charge in [0.25, 0.3) is 5.56 Å². The number of hydrogen-bond donors (Lipinski definition) is 1. The van der Waals surface area contributed by atoms with Crippen LogP contribution in [0.2, 0.25) is 0 Å². The maximum atomic E-state index is 13.6.